The highest BCUT2D eigenvalue weighted by atomic mass is 127. The van der Waals surface area contributed by atoms with E-state index in [0.29, 0.717) is 19.4 Å². The number of hydrogen-bond acceptors (Lipinski definition) is 3. The van der Waals surface area contributed by atoms with Gasteiger partial charge in [-0.1, -0.05) is 29.0 Å². The van der Waals surface area contributed by atoms with Crippen LogP contribution in [0.15, 0.2) is 0 Å². The summed E-state index contributed by atoms with van der Waals surface area (Å²) in [5.41, 5.74) is 0. The first-order valence-electron chi connectivity index (χ1n) is 4.50. The molecule has 1 atom stereocenters. The van der Waals surface area contributed by atoms with Crippen molar-refractivity contribution in [3.05, 3.63) is 0 Å². The molecule has 74 valence electrons. The highest BCUT2D eigenvalue weighted by Gasteiger charge is 2.45. The summed E-state index contributed by atoms with van der Waals surface area (Å²) >= 11 is 1.94. The van der Waals surface area contributed by atoms with E-state index >= 15 is 0 Å². The molecular weight excluding hydrogens is 283 g/mol. The summed E-state index contributed by atoms with van der Waals surface area (Å²) in [7, 11) is 0. The zero-order valence-electron chi connectivity index (χ0n) is 7.64. The molecule has 0 saturated heterocycles. The van der Waals surface area contributed by atoms with E-state index in [2.05, 4.69) is 0 Å². The molecule has 3 nitrogen and oxygen atoms in total. The number of carbonyl (C=O) groups is 2. The molecule has 0 aliphatic heterocycles. The third kappa shape index (κ3) is 2.21. The standard InChI is InChI=1S/C9H13IO3/c1-2-13-8(12)9(10)6-4-3-5-7(9)11/h2-6H2,1H3. The van der Waals surface area contributed by atoms with E-state index in [4.69, 9.17) is 4.74 Å². The summed E-state index contributed by atoms with van der Waals surface area (Å²) in [6.45, 7) is 2.10. The summed E-state index contributed by atoms with van der Waals surface area (Å²) in [5.74, 6) is -0.335. The maximum atomic E-state index is 11.5. The summed E-state index contributed by atoms with van der Waals surface area (Å²) < 4.78 is 4.00. The van der Waals surface area contributed by atoms with Gasteiger partial charge < -0.3 is 4.74 Å². The van der Waals surface area contributed by atoms with Crippen molar-refractivity contribution in [2.45, 2.75) is 36.0 Å². The lowest BCUT2D eigenvalue weighted by atomic mass is 9.88. The summed E-state index contributed by atoms with van der Waals surface area (Å²) in [6.07, 6.45) is 2.99. The van der Waals surface area contributed by atoms with Crippen molar-refractivity contribution in [3.8, 4) is 0 Å². The van der Waals surface area contributed by atoms with Gasteiger partial charge in [-0.25, -0.2) is 0 Å². The largest absolute Gasteiger partial charge is 0.465 e. The van der Waals surface area contributed by atoms with Crippen LogP contribution in [0.25, 0.3) is 0 Å². The molecule has 1 fully saturated rings. The van der Waals surface area contributed by atoms with Crippen LogP contribution >= 0.6 is 22.6 Å². The average molecular weight is 296 g/mol. The van der Waals surface area contributed by atoms with Crippen LogP contribution in [0.4, 0.5) is 0 Å². The topological polar surface area (TPSA) is 43.4 Å². The molecule has 0 bridgehead atoms. The van der Waals surface area contributed by atoms with Gasteiger partial charge in [0.05, 0.1) is 6.61 Å². The van der Waals surface area contributed by atoms with Gasteiger partial charge in [0.15, 0.2) is 9.20 Å². The summed E-state index contributed by atoms with van der Waals surface area (Å²) in [6, 6.07) is 0. The number of carbonyl (C=O) groups excluding carboxylic acids is 2. The van der Waals surface area contributed by atoms with Crippen LogP contribution in [0.3, 0.4) is 0 Å². The Hall–Kier alpha value is -0.130. The van der Waals surface area contributed by atoms with Crippen molar-refractivity contribution >= 4 is 34.3 Å². The Kier molecular flexibility index (Phi) is 3.70. The second kappa shape index (κ2) is 4.39. The first-order valence-corrected chi connectivity index (χ1v) is 5.58. The Morgan fingerprint density at radius 3 is 2.85 bits per heavy atom. The number of alkyl halides is 1. The number of hydrogen-bond donors (Lipinski definition) is 0. The quantitative estimate of drug-likeness (QED) is 0.338. The predicted molar refractivity (Wildman–Crippen MR) is 56.9 cm³/mol. The molecule has 0 aromatic rings. The molecule has 0 N–H and O–H groups in total. The SMILES string of the molecule is CCOC(=O)C1(I)CCCCC1=O. The second-order valence-corrected chi connectivity index (χ2v) is 4.99. The summed E-state index contributed by atoms with van der Waals surface area (Å²) in [4.78, 5) is 23.0. The van der Waals surface area contributed by atoms with Crippen molar-refractivity contribution in [1.82, 2.24) is 0 Å². The molecule has 0 aromatic heterocycles. The van der Waals surface area contributed by atoms with Gasteiger partial charge in [-0.2, -0.15) is 0 Å². The zero-order chi connectivity index (χ0) is 9.90. The van der Waals surface area contributed by atoms with Crippen molar-refractivity contribution in [3.63, 3.8) is 0 Å². The van der Waals surface area contributed by atoms with Crippen LogP contribution in [0.5, 0.6) is 0 Å². The Labute approximate surface area is 91.4 Å². The van der Waals surface area contributed by atoms with Gasteiger partial charge in [-0.05, 0) is 19.8 Å². The lowest BCUT2D eigenvalue weighted by Crippen LogP contribution is -2.43. The van der Waals surface area contributed by atoms with E-state index in [0.717, 1.165) is 12.8 Å². The van der Waals surface area contributed by atoms with Crippen molar-refractivity contribution in [1.29, 1.82) is 0 Å². The molecule has 1 unspecified atom stereocenters. The molecule has 0 aromatic carbocycles. The third-order valence-corrected chi connectivity index (χ3v) is 3.80. The van der Waals surface area contributed by atoms with Gasteiger partial charge in [-0.3, -0.25) is 9.59 Å². The fourth-order valence-electron chi connectivity index (χ4n) is 1.45. The van der Waals surface area contributed by atoms with Gasteiger partial charge >= 0.3 is 5.97 Å². The molecule has 0 spiro atoms. The maximum Gasteiger partial charge on any atom is 0.329 e. The van der Waals surface area contributed by atoms with Crippen LogP contribution in [0, 0.1) is 0 Å². The molecule has 0 radical (unpaired) electrons. The number of ether oxygens (including phenoxy) is 1. The predicted octanol–water partition coefficient (Wildman–Crippen LogP) is 1.87. The van der Waals surface area contributed by atoms with Crippen LogP contribution in [0.2, 0.25) is 0 Å². The van der Waals surface area contributed by atoms with E-state index in [1.54, 1.807) is 6.92 Å². The van der Waals surface area contributed by atoms with Gasteiger partial charge in [0.1, 0.15) is 0 Å². The Morgan fingerprint density at radius 1 is 1.62 bits per heavy atom. The zero-order valence-corrected chi connectivity index (χ0v) is 9.80. The van der Waals surface area contributed by atoms with Gasteiger partial charge in [-0.15, -0.1) is 0 Å². The molecule has 0 amide bonds. The van der Waals surface area contributed by atoms with Crippen molar-refractivity contribution in [2.75, 3.05) is 6.61 Å². The van der Waals surface area contributed by atoms with Gasteiger partial charge in [0.2, 0.25) is 0 Å². The minimum absolute atomic E-state index is 0.0257. The van der Waals surface area contributed by atoms with Crippen LogP contribution in [-0.4, -0.2) is 21.8 Å². The highest BCUT2D eigenvalue weighted by Crippen LogP contribution is 2.34. The molecule has 1 rings (SSSR count). The number of ketones is 1. The molecule has 1 saturated carbocycles. The maximum absolute atomic E-state index is 11.5. The van der Waals surface area contributed by atoms with E-state index < -0.39 is 3.42 Å². The number of esters is 1. The molecule has 1 aliphatic carbocycles. The minimum Gasteiger partial charge on any atom is -0.465 e. The Morgan fingerprint density at radius 2 is 2.31 bits per heavy atom. The minimum atomic E-state index is -0.883. The highest BCUT2D eigenvalue weighted by molar-refractivity contribution is 14.1. The molecular formula is C9H13IO3. The summed E-state index contributed by atoms with van der Waals surface area (Å²) in [5, 5.41) is 0. The first-order chi connectivity index (χ1) is 6.11. The third-order valence-electron chi connectivity index (χ3n) is 2.22. The Balaban J connectivity index is 2.71. The fraction of sp³-hybridized carbons (Fsp3) is 0.778. The van der Waals surface area contributed by atoms with Crippen molar-refractivity contribution < 1.29 is 14.3 Å². The van der Waals surface area contributed by atoms with Crippen molar-refractivity contribution in [2.24, 2.45) is 0 Å². The lowest BCUT2D eigenvalue weighted by Gasteiger charge is -2.27. The van der Waals surface area contributed by atoms with E-state index in [9.17, 15) is 9.59 Å². The van der Waals surface area contributed by atoms with Crippen LogP contribution in [0.1, 0.15) is 32.6 Å². The number of halogens is 1. The normalized spacial score (nSPS) is 28.6. The van der Waals surface area contributed by atoms with E-state index in [1.807, 2.05) is 22.6 Å². The van der Waals surface area contributed by atoms with Crippen LogP contribution in [-0.2, 0) is 14.3 Å². The van der Waals surface area contributed by atoms with Crippen LogP contribution < -0.4 is 0 Å². The van der Waals surface area contributed by atoms with E-state index in [1.165, 1.54) is 0 Å². The first kappa shape index (κ1) is 10.9. The molecule has 13 heavy (non-hydrogen) atoms. The fourth-order valence-corrected chi connectivity index (χ4v) is 2.26. The number of rotatable bonds is 2. The van der Waals surface area contributed by atoms with E-state index in [-0.39, 0.29) is 11.8 Å². The molecule has 1 aliphatic rings. The molecule has 4 heteroatoms. The second-order valence-electron chi connectivity index (χ2n) is 3.15. The van der Waals surface area contributed by atoms with Gasteiger partial charge in [0, 0.05) is 6.42 Å². The average Bonchev–Trinajstić information content (AvgIpc) is 2.11. The smallest absolute Gasteiger partial charge is 0.329 e. The molecule has 0 heterocycles. The lowest BCUT2D eigenvalue weighted by molar-refractivity contribution is -0.149. The monoisotopic (exact) mass is 296 g/mol. The number of Topliss-reactive ketones (excluding diaryl/α,β-unsaturated/α-hetero) is 1. The Bertz CT molecular complexity index is 227. The van der Waals surface area contributed by atoms with Gasteiger partial charge in [0.25, 0.3) is 0 Å².